The van der Waals surface area contributed by atoms with E-state index in [1.165, 1.54) is 12.1 Å². The lowest BCUT2D eigenvalue weighted by Gasteiger charge is -2.12. The number of benzene rings is 1. The van der Waals surface area contributed by atoms with E-state index in [1.807, 2.05) is 20.8 Å². The highest BCUT2D eigenvalue weighted by atomic mass is 35.5. The summed E-state index contributed by atoms with van der Waals surface area (Å²) in [5.74, 6) is 0.774. The van der Waals surface area contributed by atoms with Crippen molar-refractivity contribution in [3.8, 4) is 0 Å². The number of nitrogens with one attached hydrogen (secondary N) is 2. The highest BCUT2D eigenvalue weighted by Crippen LogP contribution is 2.24. The third-order valence-corrected chi connectivity index (χ3v) is 3.16. The minimum atomic E-state index is -0.479. The first-order valence-electron chi connectivity index (χ1n) is 6.26. The van der Waals surface area contributed by atoms with E-state index >= 15 is 0 Å². The Morgan fingerprint density at radius 1 is 1.29 bits per heavy atom. The van der Waals surface area contributed by atoms with Gasteiger partial charge in [0.05, 0.1) is 5.02 Å². The van der Waals surface area contributed by atoms with Crippen LogP contribution < -0.4 is 10.6 Å². The lowest BCUT2D eigenvalue weighted by atomic mass is 9.93. The van der Waals surface area contributed by atoms with Gasteiger partial charge in [0.15, 0.2) is 10.9 Å². The van der Waals surface area contributed by atoms with E-state index in [0.29, 0.717) is 16.6 Å². The molecule has 1 aromatic heterocycles. The molecule has 0 unspecified atom stereocenters. The molecule has 0 atom stereocenters. The molecule has 21 heavy (non-hydrogen) atoms. The first-order chi connectivity index (χ1) is 9.75. The van der Waals surface area contributed by atoms with Crippen LogP contribution in [0.25, 0.3) is 0 Å². The summed E-state index contributed by atoms with van der Waals surface area (Å²) in [5, 5.41) is 10.0. The number of nitrogens with zero attached hydrogens (tertiary/aromatic N) is 1. The second-order valence-electron chi connectivity index (χ2n) is 5.53. The first-order valence-corrected chi connectivity index (χ1v) is 7.04. The van der Waals surface area contributed by atoms with Crippen LogP contribution in [0.1, 0.15) is 26.5 Å². The van der Waals surface area contributed by atoms with E-state index in [-0.39, 0.29) is 10.4 Å². The standard InChI is InChI=1S/C14H15ClFN3OS/c1-14(2,3)11-7-12(19-20-11)18-13(21)17-8-4-5-10(16)9(15)6-8/h4-7H,1-3H3,(H2,17,18,19,21). The Labute approximate surface area is 132 Å². The number of aromatic nitrogens is 1. The molecule has 0 aliphatic carbocycles. The number of thiocarbonyl (C=S) groups is 1. The van der Waals surface area contributed by atoms with Crippen molar-refractivity contribution in [1.82, 2.24) is 5.16 Å². The summed E-state index contributed by atoms with van der Waals surface area (Å²) < 4.78 is 18.3. The zero-order valence-electron chi connectivity index (χ0n) is 11.8. The monoisotopic (exact) mass is 327 g/mol. The quantitative estimate of drug-likeness (QED) is 0.791. The van der Waals surface area contributed by atoms with Gasteiger partial charge in [-0.3, -0.25) is 0 Å². The van der Waals surface area contributed by atoms with Gasteiger partial charge in [-0.25, -0.2) is 4.39 Å². The molecule has 0 spiro atoms. The van der Waals surface area contributed by atoms with Crippen molar-refractivity contribution in [3.63, 3.8) is 0 Å². The van der Waals surface area contributed by atoms with Gasteiger partial charge in [0, 0.05) is 17.2 Å². The van der Waals surface area contributed by atoms with E-state index in [9.17, 15) is 4.39 Å². The van der Waals surface area contributed by atoms with Gasteiger partial charge in [0.25, 0.3) is 0 Å². The maximum absolute atomic E-state index is 13.1. The number of hydrogen-bond acceptors (Lipinski definition) is 3. The highest BCUT2D eigenvalue weighted by molar-refractivity contribution is 7.80. The average molecular weight is 328 g/mol. The molecule has 2 N–H and O–H groups in total. The van der Waals surface area contributed by atoms with Crippen LogP contribution in [0.15, 0.2) is 28.8 Å². The minimum absolute atomic E-state index is 0.0271. The molecular formula is C14H15ClFN3OS. The smallest absolute Gasteiger partial charge is 0.176 e. The van der Waals surface area contributed by atoms with Gasteiger partial charge < -0.3 is 15.2 Å². The normalized spacial score (nSPS) is 11.3. The second-order valence-corrected chi connectivity index (χ2v) is 6.35. The summed E-state index contributed by atoms with van der Waals surface area (Å²) in [6.45, 7) is 6.07. The molecule has 0 bridgehead atoms. The predicted octanol–water partition coefficient (Wildman–Crippen LogP) is 4.57. The van der Waals surface area contributed by atoms with Crippen molar-refractivity contribution in [3.05, 3.63) is 40.9 Å². The van der Waals surface area contributed by atoms with Crippen molar-refractivity contribution in [1.29, 1.82) is 0 Å². The van der Waals surface area contributed by atoms with Crippen molar-refractivity contribution < 1.29 is 8.91 Å². The van der Waals surface area contributed by atoms with E-state index in [4.69, 9.17) is 28.3 Å². The fraction of sp³-hybridized carbons (Fsp3) is 0.286. The Morgan fingerprint density at radius 2 is 2.00 bits per heavy atom. The molecule has 112 valence electrons. The minimum Gasteiger partial charge on any atom is -0.359 e. The van der Waals surface area contributed by atoms with E-state index < -0.39 is 5.82 Å². The van der Waals surface area contributed by atoms with Crippen LogP contribution in [-0.2, 0) is 5.41 Å². The lowest BCUT2D eigenvalue weighted by Crippen LogP contribution is -2.19. The Balaban J connectivity index is 2.01. The van der Waals surface area contributed by atoms with Crippen LogP contribution in [0.2, 0.25) is 5.02 Å². The van der Waals surface area contributed by atoms with Crippen LogP contribution in [0, 0.1) is 5.82 Å². The molecule has 0 aliphatic rings. The molecule has 2 aromatic rings. The summed E-state index contributed by atoms with van der Waals surface area (Å²) >= 11 is 10.9. The molecule has 2 rings (SSSR count). The van der Waals surface area contributed by atoms with E-state index in [2.05, 4.69) is 15.8 Å². The van der Waals surface area contributed by atoms with Crippen LogP contribution in [0.4, 0.5) is 15.9 Å². The van der Waals surface area contributed by atoms with Crippen LogP contribution in [-0.4, -0.2) is 10.3 Å². The zero-order valence-corrected chi connectivity index (χ0v) is 13.4. The fourth-order valence-corrected chi connectivity index (χ4v) is 1.94. The van der Waals surface area contributed by atoms with Gasteiger partial charge in [-0.15, -0.1) is 0 Å². The van der Waals surface area contributed by atoms with Crippen LogP contribution >= 0.6 is 23.8 Å². The zero-order chi connectivity index (χ0) is 15.6. The Kier molecular flexibility index (Phi) is 4.49. The Hall–Kier alpha value is -1.66. The third-order valence-electron chi connectivity index (χ3n) is 2.67. The second kappa shape index (κ2) is 5.99. The third kappa shape index (κ3) is 4.15. The van der Waals surface area contributed by atoms with Gasteiger partial charge in [-0.2, -0.15) is 0 Å². The number of anilines is 2. The molecule has 0 radical (unpaired) electrons. The van der Waals surface area contributed by atoms with E-state index in [1.54, 1.807) is 12.1 Å². The summed E-state index contributed by atoms with van der Waals surface area (Å²) in [7, 11) is 0. The van der Waals surface area contributed by atoms with Crippen LogP contribution in [0.5, 0.6) is 0 Å². The molecule has 1 aromatic carbocycles. The van der Waals surface area contributed by atoms with Gasteiger partial charge in [-0.1, -0.05) is 37.5 Å². The number of hydrogen-bond donors (Lipinski definition) is 2. The van der Waals surface area contributed by atoms with Crippen molar-refractivity contribution >= 4 is 40.4 Å². The first kappa shape index (κ1) is 15.7. The van der Waals surface area contributed by atoms with Gasteiger partial charge in [0.1, 0.15) is 11.6 Å². The summed E-state index contributed by atoms with van der Waals surface area (Å²) in [5.41, 5.74) is 0.449. The molecule has 0 saturated carbocycles. The molecule has 1 heterocycles. The summed E-state index contributed by atoms with van der Waals surface area (Å²) in [6.07, 6.45) is 0. The van der Waals surface area contributed by atoms with Crippen molar-refractivity contribution in [2.24, 2.45) is 0 Å². The van der Waals surface area contributed by atoms with Crippen molar-refractivity contribution in [2.45, 2.75) is 26.2 Å². The largest absolute Gasteiger partial charge is 0.359 e. The Morgan fingerprint density at radius 3 is 2.57 bits per heavy atom. The maximum atomic E-state index is 13.1. The van der Waals surface area contributed by atoms with E-state index in [0.717, 1.165) is 5.76 Å². The van der Waals surface area contributed by atoms with Gasteiger partial charge in [-0.05, 0) is 30.4 Å². The molecular weight excluding hydrogens is 313 g/mol. The summed E-state index contributed by atoms with van der Waals surface area (Å²) in [4.78, 5) is 0. The fourth-order valence-electron chi connectivity index (χ4n) is 1.54. The predicted molar refractivity (Wildman–Crippen MR) is 86.5 cm³/mol. The van der Waals surface area contributed by atoms with Crippen LogP contribution in [0.3, 0.4) is 0 Å². The summed E-state index contributed by atoms with van der Waals surface area (Å²) in [6, 6.07) is 6.04. The Bertz CT molecular complexity index is 666. The molecule has 0 amide bonds. The molecule has 7 heteroatoms. The average Bonchev–Trinajstić information content (AvgIpc) is 2.82. The molecule has 0 aliphatic heterocycles. The molecule has 0 fully saturated rings. The molecule has 0 saturated heterocycles. The molecule has 4 nitrogen and oxygen atoms in total. The highest BCUT2D eigenvalue weighted by Gasteiger charge is 2.19. The number of rotatable bonds is 2. The van der Waals surface area contributed by atoms with Gasteiger partial charge >= 0.3 is 0 Å². The van der Waals surface area contributed by atoms with Gasteiger partial charge in [0.2, 0.25) is 0 Å². The number of halogens is 2. The topological polar surface area (TPSA) is 50.1 Å². The maximum Gasteiger partial charge on any atom is 0.176 e. The van der Waals surface area contributed by atoms with Crippen molar-refractivity contribution in [2.75, 3.05) is 10.6 Å². The SMILES string of the molecule is CC(C)(C)c1cc(NC(=S)Nc2ccc(F)c(Cl)c2)no1. The lowest BCUT2D eigenvalue weighted by molar-refractivity contribution is 0.331.